The quantitative estimate of drug-likeness (QED) is 0.882. The van der Waals surface area contributed by atoms with E-state index >= 15 is 0 Å². The number of rotatable bonds is 5. The Morgan fingerprint density at radius 1 is 1.35 bits per heavy atom. The largest absolute Gasteiger partial charge is 0.493 e. The Kier molecular flexibility index (Phi) is 4.38. The highest BCUT2D eigenvalue weighted by Crippen LogP contribution is 2.39. The summed E-state index contributed by atoms with van der Waals surface area (Å²) in [6, 6.07) is 11.2. The minimum Gasteiger partial charge on any atom is -0.493 e. The smallest absolute Gasteiger partial charge is 0.122 e. The van der Waals surface area contributed by atoms with Crippen molar-refractivity contribution in [3.63, 3.8) is 0 Å². The van der Waals surface area contributed by atoms with Crippen molar-refractivity contribution in [1.82, 2.24) is 5.32 Å². The average Bonchev–Trinajstić information content (AvgIpc) is 3.01. The van der Waals surface area contributed by atoms with Crippen molar-refractivity contribution >= 4 is 11.3 Å². The van der Waals surface area contributed by atoms with Crippen LogP contribution in [0.3, 0.4) is 0 Å². The molecule has 0 amide bonds. The molecule has 106 valence electrons. The molecule has 3 rings (SSSR count). The zero-order valence-corrected chi connectivity index (χ0v) is 12.7. The summed E-state index contributed by atoms with van der Waals surface area (Å²) in [5, 5.41) is 8.06. The third-order valence-electron chi connectivity index (χ3n) is 4.00. The van der Waals surface area contributed by atoms with Crippen LogP contribution in [0.25, 0.3) is 0 Å². The van der Waals surface area contributed by atoms with Crippen molar-refractivity contribution in [1.29, 1.82) is 0 Å². The fourth-order valence-electron chi connectivity index (χ4n) is 3.00. The Balaban J connectivity index is 1.79. The molecule has 0 saturated heterocycles. The number of nitrogens with one attached hydrogen (secondary N) is 1. The van der Waals surface area contributed by atoms with E-state index < -0.39 is 0 Å². The molecule has 1 aliphatic rings. The van der Waals surface area contributed by atoms with E-state index in [1.54, 1.807) is 11.3 Å². The van der Waals surface area contributed by atoms with Crippen molar-refractivity contribution in [2.45, 2.75) is 31.7 Å². The van der Waals surface area contributed by atoms with Crippen LogP contribution < -0.4 is 10.1 Å². The summed E-state index contributed by atoms with van der Waals surface area (Å²) in [4.78, 5) is 0. The third kappa shape index (κ3) is 2.89. The molecule has 1 aromatic carbocycles. The topological polar surface area (TPSA) is 21.3 Å². The van der Waals surface area contributed by atoms with Gasteiger partial charge in [-0.2, -0.15) is 11.3 Å². The summed E-state index contributed by atoms with van der Waals surface area (Å²) in [5.74, 6) is 1.66. The van der Waals surface area contributed by atoms with Gasteiger partial charge in [0.05, 0.1) is 6.61 Å². The Bertz CT molecular complexity index is 538. The molecule has 0 saturated carbocycles. The van der Waals surface area contributed by atoms with E-state index in [1.165, 1.54) is 11.1 Å². The highest BCUT2D eigenvalue weighted by molar-refractivity contribution is 7.07. The Hall–Kier alpha value is -1.32. The minimum absolute atomic E-state index is 0.447. The summed E-state index contributed by atoms with van der Waals surface area (Å²) in [7, 11) is 0. The first-order chi connectivity index (χ1) is 9.88. The Morgan fingerprint density at radius 3 is 3.05 bits per heavy atom. The van der Waals surface area contributed by atoms with Crippen LogP contribution in [-0.2, 0) is 0 Å². The maximum Gasteiger partial charge on any atom is 0.122 e. The summed E-state index contributed by atoms with van der Waals surface area (Å²) in [5.41, 5.74) is 2.79. The number of fused-ring (bicyclic) bond motifs is 1. The molecule has 1 aliphatic heterocycles. The van der Waals surface area contributed by atoms with Gasteiger partial charge in [-0.15, -0.1) is 0 Å². The minimum atomic E-state index is 0.447. The van der Waals surface area contributed by atoms with Crippen molar-refractivity contribution in [3.05, 3.63) is 52.2 Å². The molecule has 20 heavy (non-hydrogen) atoms. The predicted octanol–water partition coefficient (Wildman–Crippen LogP) is 4.36. The molecule has 2 unspecified atom stereocenters. The second kappa shape index (κ2) is 6.42. The lowest BCUT2D eigenvalue weighted by Gasteiger charge is -2.29. The molecule has 2 aromatic rings. The molecule has 2 heterocycles. The maximum absolute atomic E-state index is 5.77. The maximum atomic E-state index is 5.77. The van der Waals surface area contributed by atoms with Crippen LogP contribution in [0.5, 0.6) is 5.75 Å². The SMILES string of the molecule is CCNC(CC1CCOc2ccccc21)c1ccsc1. The molecule has 0 fully saturated rings. The van der Waals surface area contributed by atoms with Gasteiger partial charge in [-0.25, -0.2) is 0 Å². The van der Waals surface area contributed by atoms with Gasteiger partial charge in [-0.05, 0) is 59.3 Å². The van der Waals surface area contributed by atoms with Gasteiger partial charge >= 0.3 is 0 Å². The Labute approximate surface area is 124 Å². The van der Waals surface area contributed by atoms with E-state index in [9.17, 15) is 0 Å². The molecule has 0 aliphatic carbocycles. The summed E-state index contributed by atoms with van der Waals surface area (Å²) >= 11 is 1.78. The molecule has 1 aromatic heterocycles. The first kappa shape index (κ1) is 13.7. The van der Waals surface area contributed by atoms with Crippen molar-refractivity contribution in [2.24, 2.45) is 0 Å². The lowest BCUT2D eigenvalue weighted by atomic mass is 9.86. The van der Waals surface area contributed by atoms with Crippen LogP contribution in [0.15, 0.2) is 41.1 Å². The number of benzene rings is 1. The van der Waals surface area contributed by atoms with Crippen molar-refractivity contribution < 1.29 is 4.74 Å². The van der Waals surface area contributed by atoms with Gasteiger partial charge in [0, 0.05) is 6.04 Å². The fraction of sp³-hybridized carbons (Fsp3) is 0.412. The zero-order chi connectivity index (χ0) is 13.8. The molecule has 3 heteroatoms. The van der Waals surface area contributed by atoms with E-state index in [0.29, 0.717) is 12.0 Å². The molecule has 0 bridgehead atoms. The molecular weight excluding hydrogens is 266 g/mol. The highest BCUT2D eigenvalue weighted by atomic mass is 32.1. The summed E-state index contributed by atoms with van der Waals surface area (Å²) in [6.07, 6.45) is 2.26. The van der Waals surface area contributed by atoms with E-state index in [2.05, 4.69) is 53.3 Å². The van der Waals surface area contributed by atoms with Crippen LogP contribution in [-0.4, -0.2) is 13.2 Å². The van der Waals surface area contributed by atoms with E-state index in [1.807, 2.05) is 0 Å². The first-order valence-corrected chi connectivity index (χ1v) is 8.30. The van der Waals surface area contributed by atoms with Gasteiger partial charge in [-0.3, -0.25) is 0 Å². The van der Waals surface area contributed by atoms with Gasteiger partial charge < -0.3 is 10.1 Å². The van der Waals surface area contributed by atoms with Crippen LogP contribution in [0.4, 0.5) is 0 Å². The summed E-state index contributed by atoms with van der Waals surface area (Å²) < 4.78 is 5.77. The zero-order valence-electron chi connectivity index (χ0n) is 11.8. The number of thiophene rings is 1. The lowest BCUT2D eigenvalue weighted by Crippen LogP contribution is -2.24. The van der Waals surface area contributed by atoms with Crippen LogP contribution >= 0.6 is 11.3 Å². The number of ether oxygens (including phenoxy) is 1. The molecular formula is C17H21NOS. The number of para-hydroxylation sites is 1. The van der Waals surface area contributed by atoms with Crippen molar-refractivity contribution in [2.75, 3.05) is 13.2 Å². The van der Waals surface area contributed by atoms with Crippen LogP contribution in [0, 0.1) is 0 Å². The van der Waals surface area contributed by atoms with Crippen LogP contribution in [0.2, 0.25) is 0 Å². The van der Waals surface area contributed by atoms with Crippen LogP contribution in [0.1, 0.15) is 42.9 Å². The van der Waals surface area contributed by atoms with Gasteiger partial charge in [0.1, 0.15) is 5.75 Å². The first-order valence-electron chi connectivity index (χ1n) is 7.35. The third-order valence-corrected chi connectivity index (χ3v) is 4.70. The van der Waals surface area contributed by atoms with Gasteiger partial charge in [0.2, 0.25) is 0 Å². The standard InChI is InChI=1S/C17H21NOS/c1-2-18-16(14-8-10-20-12-14)11-13-7-9-19-17-6-4-3-5-15(13)17/h3-6,8,10,12-13,16,18H,2,7,9,11H2,1H3. The Morgan fingerprint density at radius 2 is 2.25 bits per heavy atom. The molecule has 2 atom stereocenters. The summed E-state index contributed by atoms with van der Waals surface area (Å²) in [6.45, 7) is 4.02. The molecule has 0 radical (unpaired) electrons. The monoisotopic (exact) mass is 287 g/mol. The lowest BCUT2D eigenvalue weighted by molar-refractivity contribution is 0.255. The normalized spacial score (nSPS) is 19.1. The van der Waals surface area contributed by atoms with Gasteiger partial charge in [-0.1, -0.05) is 25.1 Å². The van der Waals surface area contributed by atoms with E-state index in [4.69, 9.17) is 4.74 Å². The second-order valence-corrected chi connectivity index (χ2v) is 6.05. The van der Waals surface area contributed by atoms with Gasteiger partial charge in [0.25, 0.3) is 0 Å². The van der Waals surface area contributed by atoms with Gasteiger partial charge in [0.15, 0.2) is 0 Å². The molecule has 0 spiro atoms. The molecule has 1 N–H and O–H groups in total. The average molecular weight is 287 g/mol. The highest BCUT2D eigenvalue weighted by Gasteiger charge is 2.24. The van der Waals surface area contributed by atoms with E-state index in [0.717, 1.165) is 31.7 Å². The van der Waals surface area contributed by atoms with Crippen molar-refractivity contribution in [3.8, 4) is 5.75 Å². The predicted molar refractivity (Wildman–Crippen MR) is 84.6 cm³/mol. The van der Waals surface area contributed by atoms with E-state index in [-0.39, 0.29) is 0 Å². The molecule has 2 nitrogen and oxygen atoms in total. The number of hydrogen-bond acceptors (Lipinski definition) is 3. The number of hydrogen-bond donors (Lipinski definition) is 1. The second-order valence-electron chi connectivity index (χ2n) is 5.27. The fourth-order valence-corrected chi connectivity index (χ4v) is 3.72.